The van der Waals surface area contributed by atoms with Crippen LogP contribution in [0.3, 0.4) is 0 Å². The highest BCUT2D eigenvalue weighted by atomic mass is 16.5. The van der Waals surface area contributed by atoms with Gasteiger partial charge in [-0.05, 0) is 18.4 Å². The number of hydrogen-bond acceptors (Lipinski definition) is 4. The summed E-state index contributed by atoms with van der Waals surface area (Å²) in [4.78, 5) is 4.43. The Bertz CT molecular complexity index is 591. The minimum absolute atomic E-state index is 0.127. The van der Waals surface area contributed by atoms with E-state index in [2.05, 4.69) is 22.3 Å². The first-order valence-corrected chi connectivity index (χ1v) is 6.61. The Morgan fingerprint density at radius 2 is 1.95 bits per heavy atom. The van der Waals surface area contributed by atoms with Crippen LogP contribution in [0.15, 0.2) is 34.9 Å². The zero-order valence-corrected chi connectivity index (χ0v) is 10.7. The van der Waals surface area contributed by atoms with Gasteiger partial charge in [-0.15, -0.1) is 0 Å². The molecule has 0 atom stereocenters. The lowest BCUT2D eigenvalue weighted by Gasteiger charge is -2.25. The maximum atomic E-state index is 8.70. The molecule has 1 aliphatic carbocycles. The fourth-order valence-electron chi connectivity index (χ4n) is 2.97. The first kappa shape index (κ1) is 11.9. The van der Waals surface area contributed by atoms with Crippen molar-refractivity contribution < 1.29 is 4.52 Å². The number of hydrogen-bond donors (Lipinski definition) is 0. The second-order valence-electron chi connectivity index (χ2n) is 5.00. The smallest absolute Gasteiger partial charge is 0.240 e. The van der Waals surface area contributed by atoms with Crippen molar-refractivity contribution in [3.05, 3.63) is 47.6 Å². The molecule has 0 amide bonds. The second-order valence-corrected chi connectivity index (χ2v) is 5.00. The monoisotopic (exact) mass is 253 g/mol. The summed E-state index contributed by atoms with van der Waals surface area (Å²) in [5.74, 6) is 1.15. The van der Waals surface area contributed by atoms with Gasteiger partial charge in [-0.2, -0.15) is 10.2 Å². The molecule has 1 fully saturated rings. The zero-order chi connectivity index (χ0) is 13.1. The van der Waals surface area contributed by atoms with E-state index in [0.29, 0.717) is 5.89 Å². The Morgan fingerprint density at radius 1 is 1.21 bits per heavy atom. The molecule has 1 saturated carbocycles. The lowest BCUT2D eigenvalue weighted by atomic mass is 9.78. The Hall–Kier alpha value is -2.15. The third kappa shape index (κ3) is 2.01. The van der Waals surface area contributed by atoms with Gasteiger partial charge in [0, 0.05) is 0 Å². The zero-order valence-electron chi connectivity index (χ0n) is 10.7. The SMILES string of the molecule is N#CCc1nc(C2(c3ccccc3)CCCC2)no1. The van der Waals surface area contributed by atoms with Crippen LogP contribution in [0.5, 0.6) is 0 Å². The summed E-state index contributed by atoms with van der Waals surface area (Å²) in [5.41, 5.74) is 1.12. The summed E-state index contributed by atoms with van der Waals surface area (Å²) in [5, 5.41) is 12.8. The van der Waals surface area contributed by atoms with Crippen molar-refractivity contribution in [1.82, 2.24) is 10.1 Å². The average Bonchev–Trinajstić information content (AvgIpc) is 3.09. The van der Waals surface area contributed by atoms with Gasteiger partial charge in [0.15, 0.2) is 5.82 Å². The van der Waals surface area contributed by atoms with Crippen molar-refractivity contribution in [2.75, 3.05) is 0 Å². The fraction of sp³-hybridized carbons (Fsp3) is 0.400. The van der Waals surface area contributed by atoms with E-state index in [1.165, 1.54) is 18.4 Å². The van der Waals surface area contributed by atoms with E-state index in [0.717, 1.165) is 18.7 Å². The molecule has 0 radical (unpaired) electrons. The number of rotatable bonds is 3. The van der Waals surface area contributed by atoms with Gasteiger partial charge in [0.25, 0.3) is 0 Å². The summed E-state index contributed by atoms with van der Waals surface area (Å²) in [6.45, 7) is 0. The molecule has 0 aliphatic heterocycles. The maximum absolute atomic E-state index is 8.70. The molecule has 0 spiro atoms. The first-order chi connectivity index (χ1) is 9.35. The minimum atomic E-state index is -0.127. The molecule has 1 heterocycles. The standard InChI is InChI=1S/C15H15N3O/c16-11-8-13-17-14(18-19-13)15(9-4-5-10-15)12-6-2-1-3-7-12/h1-3,6-7H,4-5,8-10H2. The minimum Gasteiger partial charge on any atom is -0.338 e. The normalized spacial score (nSPS) is 17.2. The predicted molar refractivity (Wildman–Crippen MR) is 69.3 cm³/mol. The van der Waals surface area contributed by atoms with E-state index in [-0.39, 0.29) is 11.8 Å². The van der Waals surface area contributed by atoms with Crippen LogP contribution in [0.25, 0.3) is 0 Å². The van der Waals surface area contributed by atoms with Gasteiger partial charge in [0.2, 0.25) is 5.89 Å². The number of nitrogens with zero attached hydrogens (tertiary/aromatic N) is 3. The number of aromatic nitrogens is 2. The van der Waals surface area contributed by atoms with Crippen LogP contribution in [0, 0.1) is 11.3 Å². The quantitative estimate of drug-likeness (QED) is 0.843. The fourth-order valence-corrected chi connectivity index (χ4v) is 2.97. The largest absolute Gasteiger partial charge is 0.338 e. The van der Waals surface area contributed by atoms with Crippen molar-refractivity contribution in [3.63, 3.8) is 0 Å². The molecule has 0 unspecified atom stereocenters. The van der Waals surface area contributed by atoms with Crippen LogP contribution >= 0.6 is 0 Å². The van der Waals surface area contributed by atoms with Gasteiger partial charge < -0.3 is 4.52 Å². The molecule has 1 aromatic heterocycles. The summed E-state index contributed by atoms with van der Waals surface area (Å²) in [6, 6.07) is 12.4. The Balaban J connectivity index is 2.03. The summed E-state index contributed by atoms with van der Waals surface area (Å²) >= 11 is 0. The molecular formula is C15H15N3O. The second kappa shape index (κ2) is 4.85. The maximum Gasteiger partial charge on any atom is 0.240 e. The van der Waals surface area contributed by atoms with Gasteiger partial charge in [-0.1, -0.05) is 48.3 Å². The molecule has 0 bridgehead atoms. The third-order valence-electron chi connectivity index (χ3n) is 3.91. The lowest BCUT2D eigenvalue weighted by molar-refractivity contribution is 0.366. The average molecular weight is 253 g/mol. The van der Waals surface area contributed by atoms with E-state index in [4.69, 9.17) is 9.78 Å². The molecule has 1 aromatic carbocycles. The van der Waals surface area contributed by atoms with Crippen molar-refractivity contribution in [3.8, 4) is 6.07 Å². The third-order valence-corrected chi connectivity index (χ3v) is 3.91. The van der Waals surface area contributed by atoms with Crippen LogP contribution in [-0.2, 0) is 11.8 Å². The highest BCUT2D eigenvalue weighted by Gasteiger charge is 2.41. The van der Waals surface area contributed by atoms with Crippen LogP contribution in [0.2, 0.25) is 0 Å². The number of nitriles is 1. The lowest BCUT2D eigenvalue weighted by Crippen LogP contribution is -2.25. The van der Waals surface area contributed by atoms with Crippen LogP contribution in [0.1, 0.15) is 43.0 Å². The van der Waals surface area contributed by atoms with Crippen LogP contribution < -0.4 is 0 Å². The van der Waals surface area contributed by atoms with Gasteiger partial charge >= 0.3 is 0 Å². The summed E-state index contributed by atoms with van der Waals surface area (Å²) in [7, 11) is 0. The van der Waals surface area contributed by atoms with Crippen molar-refractivity contribution in [1.29, 1.82) is 5.26 Å². The first-order valence-electron chi connectivity index (χ1n) is 6.61. The van der Waals surface area contributed by atoms with Crippen LogP contribution in [0.4, 0.5) is 0 Å². The van der Waals surface area contributed by atoms with E-state index in [9.17, 15) is 0 Å². The molecule has 2 aromatic rings. The Morgan fingerprint density at radius 3 is 2.63 bits per heavy atom. The van der Waals surface area contributed by atoms with E-state index >= 15 is 0 Å². The molecule has 19 heavy (non-hydrogen) atoms. The van der Waals surface area contributed by atoms with Gasteiger partial charge in [-0.25, -0.2) is 0 Å². The van der Waals surface area contributed by atoms with Crippen molar-refractivity contribution >= 4 is 0 Å². The molecule has 4 heteroatoms. The highest BCUT2D eigenvalue weighted by Crippen LogP contribution is 2.44. The molecule has 0 N–H and O–H groups in total. The van der Waals surface area contributed by atoms with Crippen molar-refractivity contribution in [2.45, 2.75) is 37.5 Å². The van der Waals surface area contributed by atoms with E-state index < -0.39 is 0 Å². The van der Waals surface area contributed by atoms with Crippen LogP contribution in [-0.4, -0.2) is 10.1 Å². The van der Waals surface area contributed by atoms with E-state index in [1.807, 2.05) is 24.3 Å². The van der Waals surface area contributed by atoms with Gasteiger partial charge in [0.05, 0.1) is 11.5 Å². The molecule has 0 saturated heterocycles. The van der Waals surface area contributed by atoms with Gasteiger partial charge in [0.1, 0.15) is 6.42 Å². The Labute approximate surface area is 112 Å². The van der Waals surface area contributed by atoms with E-state index in [1.54, 1.807) is 0 Å². The van der Waals surface area contributed by atoms with Crippen molar-refractivity contribution in [2.24, 2.45) is 0 Å². The Kier molecular flexibility index (Phi) is 3.04. The molecule has 4 nitrogen and oxygen atoms in total. The predicted octanol–water partition coefficient (Wildman–Crippen LogP) is 3.00. The molecule has 96 valence electrons. The topological polar surface area (TPSA) is 62.7 Å². The molecular weight excluding hydrogens is 238 g/mol. The van der Waals surface area contributed by atoms with Gasteiger partial charge in [-0.3, -0.25) is 0 Å². The highest BCUT2D eigenvalue weighted by molar-refractivity contribution is 5.33. The molecule has 3 rings (SSSR count). The summed E-state index contributed by atoms with van der Waals surface area (Å²) < 4.78 is 5.18. The molecule has 1 aliphatic rings. The summed E-state index contributed by atoms with van der Waals surface area (Å²) in [6.07, 6.45) is 4.62. The number of benzene rings is 1.